The van der Waals surface area contributed by atoms with Gasteiger partial charge in [-0.05, 0) is 43.2 Å². The molecule has 2 aromatic heterocycles. The highest BCUT2D eigenvalue weighted by Gasteiger charge is 2.27. The van der Waals surface area contributed by atoms with Crippen LogP contribution >= 0.6 is 11.8 Å². The molecule has 1 aliphatic heterocycles. The van der Waals surface area contributed by atoms with Crippen LogP contribution in [0.5, 0.6) is 0 Å². The van der Waals surface area contributed by atoms with Gasteiger partial charge in [0.05, 0.1) is 11.4 Å². The molecule has 1 saturated heterocycles. The van der Waals surface area contributed by atoms with Gasteiger partial charge in [0, 0.05) is 31.2 Å². The number of halogens is 1. The van der Waals surface area contributed by atoms with E-state index in [4.69, 9.17) is 0 Å². The summed E-state index contributed by atoms with van der Waals surface area (Å²) in [6, 6.07) is 7.69. The summed E-state index contributed by atoms with van der Waals surface area (Å²) in [6.07, 6.45) is 5.34. The Bertz CT molecular complexity index is 925. The number of rotatable bonds is 5. The van der Waals surface area contributed by atoms with Crippen LogP contribution in [0.25, 0.3) is 5.69 Å². The average molecular weight is 384 g/mol. The van der Waals surface area contributed by atoms with E-state index in [-0.39, 0.29) is 11.7 Å². The quantitative estimate of drug-likeness (QED) is 0.497. The second-order valence-electron chi connectivity index (χ2n) is 6.09. The molecule has 0 N–H and O–H groups in total. The Hall–Kier alpha value is -2.81. The summed E-state index contributed by atoms with van der Waals surface area (Å²) < 4.78 is 14.9. The molecule has 3 heterocycles. The molecule has 0 bridgehead atoms. The molecular formula is C18H17FN6OS. The predicted octanol–water partition coefficient (Wildman–Crippen LogP) is 2.72. The summed E-state index contributed by atoms with van der Waals surface area (Å²) in [5.74, 6) is -0.0326. The maximum absolute atomic E-state index is 13.3. The summed E-state index contributed by atoms with van der Waals surface area (Å²) >= 11 is 1.40. The summed E-state index contributed by atoms with van der Waals surface area (Å²) in [4.78, 5) is 23.1. The SMILES string of the molecule is O=C(c1nnn(-c2ccc(F)cc2)c1CSc1ncccn1)N1CCCC1. The fourth-order valence-corrected chi connectivity index (χ4v) is 3.75. The van der Waals surface area contributed by atoms with Gasteiger partial charge in [-0.2, -0.15) is 0 Å². The van der Waals surface area contributed by atoms with Gasteiger partial charge in [-0.25, -0.2) is 19.0 Å². The van der Waals surface area contributed by atoms with E-state index in [0.717, 1.165) is 25.9 Å². The van der Waals surface area contributed by atoms with Crippen LogP contribution < -0.4 is 0 Å². The molecule has 1 aliphatic rings. The molecule has 1 amide bonds. The lowest BCUT2D eigenvalue weighted by molar-refractivity contribution is 0.0786. The van der Waals surface area contributed by atoms with Crippen molar-refractivity contribution in [2.45, 2.75) is 23.8 Å². The monoisotopic (exact) mass is 384 g/mol. The van der Waals surface area contributed by atoms with Gasteiger partial charge in [0.25, 0.3) is 5.91 Å². The Morgan fingerprint density at radius 2 is 1.81 bits per heavy atom. The fraction of sp³-hybridized carbons (Fsp3) is 0.278. The summed E-state index contributed by atoms with van der Waals surface area (Å²) in [5.41, 5.74) is 1.62. The van der Waals surface area contributed by atoms with Crippen molar-refractivity contribution in [3.8, 4) is 5.69 Å². The maximum atomic E-state index is 13.3. The Labute approximate surface area is 159 Å². The number of likely N-dealkylation sites (tertiary alicyclic amines) is 1. The van der Waals surface area contributed by atoms with Crippen LogP contribution in [0.15, 0.2) is 47.9 Å². The number of carbonyl (C=O) groups is 1. The maximum Gasteiger partial charge on any atom is 0.276 e. The van der Waals surface area contributed by atoms with Crippen molar-refractivity contribution in [2.24, 2.45) is 0 Å². The molecule has 0 atom stereocenters. The van der Waals surface area contributed by atoms with E-state index in [1.165, 1.54) is 23.9 Å². The van der Waals surface area contributed by atoms with Gasteiger partial charge in [-0.15, -0.1) is 5.10 Å². The second-order valence-corrected chi connectivity index (χ2v) is 7.03. The van der Waals surface area contributed by atoms with E-state index in [1.54, 1.807) is 40.2 Å². The average Bonchev–Trinajstić information content (AvgIpc) is 3.37. The molecule has 0 unspecified atom stereocenters. The zero-order valence-corrected chi connectivity index (χ0v) is 15.3. The first kappa shape index (κ1) is 17.6. The molecule has 0 aliphatic carbocycles. The molecule has 3 aromatic rings. The first-order valence-corrected chi connectivity index (χ1v) is 9.60. The van der Waals surface area contributed by atoms with E-state index in [9.17, 15) is 9.18 Å². The fourth-order valence-electron chi connectivity index (χ4n) is 2.95. The molecule has 4 rings (SSSR count). The third kappa shape index (κ3) is 3.82. The molecule has 0 radical (unpaired) electrons. The van der Waals surface area contributed by atoms with Crippen LogP contribution in [0.2, 0.25) is 0 Å². The Morgan fingerprint density at radius 1 is 1.11 bits per heavy atom. The molecule has 7 nitrogen and oxygen atoms in total. The molecule has 138 valence electrons. The van der Waals surface area contributed by atoms with E-state index < -0.39 is 0 Å². The number of thioether (sulfide) groups is 1. The van der Waals surface area contributed by atoms with Crippen LogP contribution in [0, 0.1) is 5.82 Å². The largest absolute Gasteiger partial charge is 0.337 e. The van der Waals surface area contributed by atoms with Crippen molar-refractivity contribution in [2.75, 3.05) is 13.1 Å². The van der Waals surface area contributed by atoms with Gasteiger partial charge in [-0.1, -0.05) is 17.0 Å². The van der Waals surface area contributed by atoms with Crippen LogP contribution in [-0.2, 0) is 5.75 Å². The minimum atomic E-state index is -0.333. The van der Waals surface area contributed by atoms with Crippen molar-refractivity contribution in [3.05, 3.63) is 59.9 Å². The lowest BCUT2D eigenvalue weighted by Crippen LogP contribution is -2.28. The molecular weight excluding hydrogens is 367 g/mol. The van der Waals surface area contributed by atoms with E-state index in [1.807, 2.05) is 0 Å². The van der Waals surface area contributed by atoms with Gasteiger partial charge in [0.15, 0.2) is 10.9 Å². The van der Waals surface area contributed by atoms with Gasteiger partial charge in [0.1, 0.15) is 5.82 Å². The third-order valence-electron chi connectivity index (χ3n) is 4.31. The summed E-state index contributed by atoms with van der Waals surface area (Å²) in [5, 5.41) is 8.91. The zero-order valence-electron chi connectivity index (χ0n) is 14.5. The normalized spacial score (nSPS) is 13.9. The van der Waals surface area contributed by atoms with Crippen LogP contribution in [0.4, 0.5) is 4.39 Å². The van der Waals surface area contributed by atoms with Gasteiger partial charge in [-0.3, -0.25) is 4.79 Å². The van der Waals surface area contributed by atoms with Crippen LogP contribution in [-0.4, -0.2) is 48.9 Å². The predicted molar refractivity (Wildman–Crippen MR) is 98.0 cm³/mol. The van der Waals surface area contributed by atoms with E-state index in [0.29, 0.717) is 28.0 Å². The summed E-state index contributed by atoms with van der Waals surface area (Å²) in [7, 11) is 0. The number of benzene rings is 1. The number of amides is 1. The van der Waals surface area contributed by atoms with Crippen molar-refractivity contribution in [1.82, 2.24) is 29.9 Å². The van der Waals surface area contributed by atoms with Crippen molar-refractivity contribution in [3.63, 3.8) is 0 Å². The number of aromatic nitrogens is 5. The minimum absolute atomic E-state index is 0.120. The number of hydrogen-bond donors (Lipinski definition) is 0. The standard InChI is InChI=1S/C18H17FN6OS/c19-13-4-6-14(7-5-13)25-15(12-27-18-20-8-3-9-21-18)16(22-23-25)17(26)24-10-1-2-11-24/h3-9H,1-2,10-12H2. The molecule has 1 fully saturated rings. The van der Waals surface area contributed by atoms with Crippen LogP contribution in [0.1, 0.15) is 29.0 Å². The highest BCUT2D eigenvalue weighted by Crippen LogP contribution is 2.24. The Morgan fingerprint density at radius 3 is 2.52 bits per heavy atom. The highest BCUT2D eigenvalue weighted by atomic mass is 32.2. The number of hydrogen-bond acceptors (Lipinski definition) is 6. The molecule has 27 heavy (non-hydrogen) atoms. The number of carbonyl (C=O) groups excluding carboxylic acids is 1. The first-order valence-electron chi connectivity index (χ1n) is 8.62. The molecule has 1 aromatic carbocycles. The van der Waals surface area contributed by atoms with Crippen LogP contribution in [0.3, 0.4) is 0 Å². The Kier molecular flexibility index (Phi) is 5.10. The van der Waals surface area contributed by atoms with Gasteiger partial charge in [0.2, 0.25) is 0 Å². The minimum Gasteiger partial charge on any atom is -0.337 e. The van der Waals surface area contributed by atoms with E-state index >= 15 is 0 Å². The van der Waals surface area contributed by atoms with E-state index in [2.05, 4.69) is 20.3 Å². The topological polar surface area (TPSA) is 76.8 Å². The summed E-state index contributed by atoms with van der Waals surface area (Å²) in [6.45, 7) is 1.47. The van der Waals surface area contributed by atoms with Crippen molar-refractivity contribution >= 4 is 17.7 Å². The van der Waals surface area contributed by atoms with Crippen molar-refractivity contribution < 1.29 is 9.18 Å². The lowest BCUT2D eigenvalue weighted by atomic mass is 10.2. The Balaban J connectivity index is 1.68. The second kappa shape index (κ2) is 7.83. The third-order valence-corrected chi connectivity index (χ3v) is 5.20. The van der Waals surface area contributed by atoms with Gasteiger partial charge >= 0.3 is 0 Å². The van der Waals surface area contributed by atoms with Gasteiger partial charge < -0.3 is 4.90 Å². The highest BCUT2D eigenvalue weighted by molar-refractivity contribution is 7.98. The molecule has 9 heteroatoms. The first-order chi connectivity index (χ1) is 13.2. The molecule has 0 spiro atoms. The smallest absolute Gasteiger partial charge is 0.276 e. The number of nitrogens with zero attached hydrogens (tertiary/aromatic N) is 6. The lowest BCUT2D eigenvalue weighted by Gasteiger charge is -2.14. The molecule has 0 saturated carbocycles. The zero-order chi connectivity index (χ0) is 18.6. The van der Waals surface area contributed by atoms with Crippen molar-refractivity contribution in [1.29, 1.82) is 0 Å².